The molecule has 2 rings (SSSR count). The molecule has 0 heterocycles. The summed E-state index contributed by atoms with van der Waals surface area (Å²) in [6.07, 6.45) is 1.19. The summed E-state index contributed by atoms with van der Waals surface area (Å²) in [6, 6.07) is 19.9. The van der Waals surface area contributed by atoms with Crippen LogP contribution in [0.2, 0.25) is 0 Å². The summed E-state index contributed by atoms with van der Waals surface area (Å²) in [6.45, 7) is 4.51. The van der Waals surface area contributed by atoms with Crippen molar-refractivity contribution in [3.05, 3.63) is 71.3 Å². The standard InChI is InChI=1S/C18H23N/c1-4-14(2)15-10-12-17(13-11-15)18(19-3)16-8-6-5-7-9-16/h5-14,18-19H,4H2,1-3H3. The molecule has 0 aromatic heterocycles. The Balaban J connectivity index is 2.25. The highest BCUT2D eigenvalue weighted by Crippen LogP contribution is 2.24. The van der Waals surface area contributed by atoms with E-state index >= 15 is 0 Å². The summed E-state index contributed by atoms with van der Waals surface area (Å²) in [7, 11) is 2.01. The quantitative estimate of drug-likeness (QED) is 0.826. The van der Waals surface area contributed by atoms with Gasteiger partial charge in [-0.2, -0.15) is 0 Å². The zero-order valence-electron chi connectivity index (χ0n) is 12.1. The van der Waals surface area contributed by atoms with Crippen molar-refractivity contribution >= 4 is 0 Å². The number of rotatable bonds is 5. The molecule has 0 amide bonds. The maximum absolute atomic E-state index is 3.40. The molecule has 0 saturated carbocycles. The largest absolute Gasteiger partial charge is 0.309 e. The van der Waals surface area contributed by atoms with E-state index in [-0.39, 0.29) is 6.04 Å². The molecule has 1 heteroatoms. The third-order valence-corrected chi connectivity index (χ3v) is 3.87. The minimum Gasteiger partial charge on any atom is -0.309 e. The predicted molar refractivity (Wildman–Crippen MR) is 82.5 cm³/mol. The molecule has 0 fully saturated rings. The number of benzene rings is 2. The van der Waals surface area contributed by atoms with Crippen molar-refractivity contribution in [1.82, 2.24) is 5.32 Å². The molecular weight excluding hydrogens is 230 g/mol. The van der Waals surface area contributed by atoms with Crippen LogP contribution >= 0.6 is 0 Å². The Kier molecular flexibility index (Phi) is 4.75. The molecule has 100 valence electrons. The van der Waals surface area contributed by atoms with Crippen LogP contribution in [0.4, 0.5) is 0 Å². The van der Waals surface area contributed by atoms with Gasteiger partial charge in [0, 0.05) is 0 Å². The minimum atomic E-state index is 0.271. The van der Waals surface area contributed by atoms with Crippen molar-refractivity contribution in [3.8, 4) is 0 Å². The fourth-order valence-electron chi connectivity index (χ4n) is 2.42. The van der Waals surface area contributed by atoms with Crippen LogP contribution in [0.3, 0.4) is 0 Å². The molecule has 0 radical (unpaired) electrons. The monoisotopic (exact) mass is 253 g/mol. The van der Waals surface area contributed by atoms with E-state index in [0.29, 0.717) is 5.92 Å². The van der Waals surface area contributed by atoms with Crippen molar-refractivity contribution in [2.45, 2.75) is 32.2 Å². The minimum absolute atomic E-state index is 0.271. The molecule has 2 aromatic carbocycles. The molecule has 2 aromatic rings. The van der Waals surface area contributed by atoms with E-state index in [0.717, 1.165) is 0 Å². The predicted octanol–water partition coefficient (Wildman–Crippen LogP) is 4.51. The fraction of sp³-hybridized carbons (Fsp3) is 0.333. The van der Waals surface area contributed by atoms with Crippen LogP contribution < -0.4 is 5.32 Å². The first kappa shape index (κ1) is 13.8. The Morgan fingerprint density at radius 2 is 1.37 bits per heavy atom. The van der Waals surface area contributed by atoms with Gasteiger partial charge in [-0.1, -0.05) is 68.4 Å². The summed E-state index contributed by atoms with van der Waals surface area (Å²) in [5.41, 5.74) is 4.05. The summed E-state index contributed by atoms with van der Waals surface area (Å²) in [5, 5.41) is 3.40. The van der Waals surface area contributed by atoms with Crippen molar-refractivity contribution in [2.24, 2.45) is 0 Å². The van der Waals surface area contributed by atoms with E-state index in [1.165, 1.54) is 23.1 Å². The molecule has 0 saturated heterocycles. The zero-order valence-corrected chi connectivity index (χ0v) is 12.1. The van der Waals surface area contributed by atoms with Gasteiger partial charge in [0.05, 0.1) is 6.04 Å². The lowest BCUT2D eigenvalue weighted by Crippen LogP contribution is -2.17. The van der Waals surface area contributed by atoms with Crippen molar-refractivity contribution in [2.75, 3.05) is 7.05 Å². The lowest BCUT2D eigenvalue weighted by atomic mass is 9.94. The first-order valence-electron chi connectivity index (χ1n) is 7.08. The van der Waals surface area contributed by atoms with Gasteiger partial charge in [0.25, 0.3) is 0 Å². The molecule has 0 bridgehead atoms. The maximum Gasteiger partial charge on any atom is 0.0574 e. The summed E-state index contributed by atoms with van der Waals surface area (Å²) < 4.78 is 0. The van der Waals surface area contributed by atoms with Gasteiger partial charge in [-0.15, -0.1) is 0 Å². The molecule has 0 aliphatic carbocycles. The highest BCUT2D eigenvalue weighted by Gasteiger charge is 2.11. The Labute approximate surface area is 116 Å². The second-order valence-corrected chi connectivity index (χ2v) is 5.11. The van der Waals surface area contributed by atoms with Crippen LogP contribution in [0.1, 0.15) is 48.9 Å². The molecule has 1 N–H and O–H groups in total. The van der Waals surface area contributed by atoms with Crippen molar-refractivity contribution in [1.29, 1.82) is 0 Å². The van der Waals surface area contributed by atoms with E-state index < -0.39 is 0 Å². The Morgan fingerprint density at radius 3 is 1.89 bits per heavy atom. The Hall–Kier alpha value is -1.60. The lowest BCUT2D eigenvalue weighted by molar-refractivity contribution is 0.688. The number of hydrogen-bond acceptors (Lipinski definition) is 1. The van der Waals surface area contributed by atoms with Gasteiger partial charge in [0.15, 0.2) is 0 Å². The van der Waals surface area contributed by atoms with E-state index in [2.05, 4.69) is 73.8 Å². The zero-order chi connectivity index (χ0) is 13.7. The molecule has 0 spiro atoms. The van der Waals surface area contributed by atoms with Gasteiger partial charge in [0.2, 0.25) is 0 Å². The van der Waals surface area contributed by atoms with Crippen molar-refractivity contribution in [3.63, 3.8) is 0 Å². The summed E-state index contributed by atoms with van der Waals surface area (Å²) >= 11 is 0. The van der Waals surface area contributed by atoms with Gasteiger partial charge < -0.3 is 5.32 Å². The lowest BCUT2D eigenvalue weighted by Gasteiger charge is -2.18. The molecular formula is C18H23N. The molecule has 1 nitrogen and oxygen atoms in total. The summed E-state index contributed by atoms with van der Waals surface area (Å²) in [4.78, 5) is 0. The van der Waals surface area contributed by atoms with Gasteiger partial charge >= 0.3 is 0 Å². The Bertz CT molecular complexity index is 487. The summed E-state index contributed by atoms with van der Waals surface area (Å²) in [5.74, 6) is 0.638. The SMILES string of the molecule is CCC(C)c1ccc(C(NC)c2ccccc2)cc1. The fourth-order valence-corrected chi connectivity index (χ4v) is 2.42. The van der Waals surface area contributed by atoms with Crippen LogP contribution in [0, 0.1) is 0 Å². The molecule has 0 aliphatic heterocycles. The van der Waals surface area contributed by atoms with E-state index in [9.17, 15) is 0 Å². The molecule has 2 unspecified atom stereocenters. The maximum atomic E-state index is 3.40. The molecule has 0 aliphatic rings. The van der Waals surface area contributed by atoms with Crippen LogP contribution in [0.5, 0.6) is 0 Å². The van der Waals surface area contributed by atoms with Crippen molar-refractivity contribution < 1.29 is 0 Å². The molecule has 2 atom stereocenters. The van der Waals surface area contributed by atoms with Gasteiger partial charge in [-0.3, -0.25) is 0 Å². The van der Waals surface area contributed by atoms with Crippen LogP contribution in [0.15, 0.2) is 54.6 Å². The highest BCUT2D eigenvalue weighted by molar-refractivity contribution is 5.34. The highest BCUT2D eigenvalue weighted by atomic mass is 14.9. The third kappa shape index (κ3) is 3.24. The van der Waals surface area contributed by atoms with Gasteiger partial charge in [-0.05, 0) is 36.1 Å². The van der Waals surface area contributed by atoms with E-state index in [4.69, 9.17) is 0 Å². The third-order valence-electron chi connectivity index (χ3n) is 3.87. The van der Waals surface area contributed by atoms with Crippen LogP contribution in [-0.4, -0.2) is 7.05 Å². The van der Waals surface area contributed by atoms with Crippen LogP contribution in [-0.2, 0) is 0 Å². The molecule has 19 heavy (non-hydrogen) atoms. The second kappa shape index (κ2) is 6.53. The smallest absolute Gasteiger partial charge is 0.0574 e. The second-order valence-electron chi connectivity index (χ2n) is 5.11. The van der Waals surface area contributed by atoms with Gasteiger partial charge in [0.1, 0.15) is 0 Å². The number of nitrogens with one attached hydrogen (secondary N) is 1. The van der Waals surface area contributed by atoms with Gasteiger partial charge in [-0.25, -0.2) is 0 Å². The Morgan fingerprint density at radius 1 is 0.842 bits per heavy atom. The average Bonchev–Trinajstić information content (AvgIpc) is 2.49. The average molecular weight is 253 g/mol. The van der Waals surface area contributed by atoms with Crippen LogP contribution in [0.25, 0.3) is 0 Å². The first-order chi connectivity index (χ1) is 9.26. The topological polar surface area (TPSA) is 12.0 Å². The van der Waals surface area contributed by atoms with E-state index in [1.54, 1.807) is 0 Å². The first-order valence-corrected chi connectivity index (χ1v) is 7.08. The van der Waals surface area contributed by atoms with E-state index in [1.807, 2.05) is 7.05 Å². The number of hydrogen-bond donors (Lipinski definition) is 1. The normalized spacial score (nSPS) is 14.1.